The Morgan fingerprint density at radius 3 is 2.75 bits per heavy atom. The molecule has 2 aromatic rings. The summed E-state index contributed by atoms with van der Waals surface area (Å²) >= 11 is 8.09. The number of rotatable bonds is 4. The number of aryl methyl sites for hydroxylation is 1. The SMILES string of the molecule is C=C1NSc2ccc3c(c2)N(CC(c2ccc(Cl)cc2CCC)CO3)CC2CCC2C(OC)/C=C/CC(C)C1C. The lowest BCUT2D eigenvalue weighted by Gasteiger charge is -2.43. The molecule has 2 heterocycles. The molecule has 4 nitrogen and oxygen atoms in total. The van der Waals surface area contributed by atoms with Crippen molar-refractivity contribution >= 4 is 29.2 Å². The van der Waals surface area contributed by atoms with Gasteiger partial charge >= 0.3 is 0 Å². The molecule has 0 aromatic heterocycles. The summed E-state index contributed by atoms with van der Waals surface area (Å²) in [5.74, 6) is 3.22. The van der Waals surface area contributed by atoms with E-state index in [0.717, 1.165) is 48.8 Å². The Kier molecular flexibility index (Phi) is 9.76. The Balaban J connectivity index is 1.50. The van der Waals surface area contributed by atoms with Gasteiger partial charge < -0.3 is 19.1 Å². The second-order valence-corrected chi connectivity index (χ2v) is 13.3. The summed E-state index contributed by atoms with van der Waals surface area (Å²) in [4.78, 5) is 3.77. The maximum Gasteiger partial charge on any atom is 0.142 e. The van der Waals surface area contributed by atoms with E-state index in [4.69, 9.17) is 21.1 Å². The molecule has 2 bridgehead atoms. The first-order valence-electron chi connectivity index (χ1n) is 15.0. The number of methoxy groups -OCH3 is 1. The molecule has 0 spiro atoms. The van der Waals surface area contributed by atoms with Crippen molar-refractivity contribution < 1.29 is 9.47 Å². The zero-order valence-electron chi connectivity index (χ0n) is 24.5. The third-order valence-electron chi connectivity index (χ3n) is 9.38. The summed E-state index contributed by atoms with van der Waals surface area (Å²) in [5, 5.41) is 0.811. The minimum atomic E-state index is 0.156. The molecule has 3 aliphatic rings. The zero-order valence-corrected chi connectivity index (χ0v) is 26.1. The number of hydrogen-bond donors (Lipinski definition) is 1. The molecular formula is C34H45ClN2O2S. The van der Waals surface area contributed by atoms with Crippen LogP contribution in [0, 0.1) is 23.7 Å². The van der Waals surface area contributed by atoms with Gasteiger partial charge in [-0.2, -0.15) is 0 Å². The molecule has 2 aromatic carbocycles. The molecule has 40 heavy (non-hydrogen) atoms. The molecule has 0 radical (unpaired) electrons. The van der Waals surface area contributed by atoms with Crippen LogP contribution in [-0.2, 0) is 11.2 Å². The van der Waals surface area contributed by atoms with Gasteiger partial charge in [0.05, 0.1) is 18.4 Å². The molecule has 1 saturated carbocycles. The lowest BCUT2D eigenvalue weighted by molar-refractivity contribution is 0.0134. The Morgan fingerprint density at radius 2 is 2.00 bits per heavy atom. The van der Waals surface area contributed by atoms with Crippen molar-refractivity contribution in [1.29, 1.82) is 0 Å². The Bertz CT molecular complexity index is 1220. The molecule has 2 aliphatic heterocycles. The number of halogens is 1. The van der Waals surface area contributed by atoms with Crippen molar-refractivity contribution in [3.8, 4) is 5.75 Å². The van der Waals surface area contributed by atoms with Gasteiger partial charge in [-0.25, -0.2) is 0 Å². The summed E-state index contributed by atoms with van der Waals surface area (Å²) in [5.41, 5.74) is 4.96. The number of benzene rings is 2. The van der Waals surface area contributed by atoms with Crippen LogP contribution in [0.25, 0.3) is 0 Å². The van der Waals surface area contributed by atoms with Gasteiger partial charge in [0.15, 0.2) is 0 Å². The highest BCUT2D eigenvalue weighted by molar-refractivity contribution is 7.97. The van der Waals surface area contributed by atoms with E-state index in [9.17, 15) is 0 Å². The lowest BCUT2D eigenvalue weighted by atomic mass is 9.70. The monoisotopic (exact) mass is 580 g/mol. The number of hydrogen-bond acceptors (Lipinski definition) is 5. The molecule has 5 rings (SSSR count). The van der Waals surface area contributed by atoms with E-state index >= 15 is 0 Å². The van der Waals surface area contributed by atoms with Crippen LogP contribution in [0.2, 0.25) is 5.02 Å². The smallest absolute Gasteiger partial charge is 0.142 e. The normalized spacial score (nSPS) is 29.8. The van der Waals surface area contributed by atoms with Crippen LogP contribution in [-0.4, -0.2) is 32.9 Å². The first kappa shape index (κ1) is 29.4. The van der Waals surface area contributed by atoms with E-state index in [-0.39, 0.29) is 12.0 Å². The molecular weight excluding hydrogens is 536 g/mol. The van der Waals surface area contributed by atoms with E-state index < -0.39 is 0 Å². The van der Waals surface area contributed by atoms with Gasteiger partial charge in [0.25, 0.3) is 0 Å². The summed E-state index contributed by atoms with van der Waals surface area (Å²) in [6.45, 7) is 13.8. The van der Waals surface area contributed by atoms with Crippen LogP contribution in [0.1, 0.15) is 63.5 Å². The molecule has 1 aliphatic carbocycles. The average Bonchev–Trinajstić information content (AvgIpc) is 3.11. The first-order valence-corrected chi connectivity index (χ1v) is 16.2. The Morgan fingerprint density at radius 1 is 1.15 bits per heavy atom. The molecule has 6 heteroatoms. The van der Waals surface area contributed by atoms with Crippen molar-refractivity contribution in [2.24, 2.45) is 23.7 Å². The minimum absolute atomic E-state index is 0.156. The largest absolute Gasteiger partial charge is 0.491 e. The molecule has 6 unspecified atom stereocenters. The van der Waals surface area contributed by atoms with Crippen molar-refractivity contribution in [2.75, 3.05) is 31.7 Å². The summed E-state index contributed by atoms with van der Waals surface area (Å²) in [6.07, 6.45) is 10.4. The number of ether oxygens (including phenoxy) is 2. The molecule has 6 atom stereocenters. The fourth-order valence-corrected chi connectivity index (χ4v) is 7.42. The van der Waals surface area contributed by atoms with Gasteiger partial charge in [-0.3, -0.25) is 0 Å². The summed E-state index contributed by atoms with van der Waals surface area (Å²) < 4.78 is 16.2. The minimum Gasteiger partial charge on any atom is -0.491 e. The standard InChI is InChI=1S/C34H45ClN2O2S/c1-6-8-25-17-28(35)12-15-30(25)27-20-37-19-26-11-14-31(26)33(38-5)10-7-9-22(2)23(3)24(4)36-40-29-13-16-34(39-21-27)32(37)18-29/h7,10,12-13,15-18,22-23,26-27,31,33,36H,4,6,8-9,11,14,19-21H2,1-3,5H3/b10-7+. The van der Waals surface area contributed by atoms with Gasteiger partial charge in [-0.15, -0.1) is 0 Å². The Labute approximate surface area is 250 Å². The highest BCUT2D eigenvalue weighted by Gasteiger charge is 2.38. The maximum absolute atomic E-state index is 6.56. The molecule has 216 valence electrons. The van der Waals surface area contributed by atoms with Crippen LogP contribution in [0.15, 0.2) is 65.7 Å². The average molecular weight is 581 g/mol. The van der Waals surface area contributed by atoms with Crippen LogP contribution < -0.4 is 14.4 Å². The third-order valence-corrected chi connectivity index (χ3v) is 10.5. The van der Waals surface area contributed by atoms with Crippen LogP contribution in [0.3, 0.4) is 0 Å². The van der Waals surface area contributed by atoms with E-state index in [1.54, 1.807) is 11.9 Å². The third kappa shape index (κ3) is 6.53. The quantitative estimate of drug-likeness (QED) is 0.289. The van der Waals surface area contributed by atoms with Crippen LogP contribution in [0.5, 0.6) is 5.75 Å². The van der Waals surface area contributed by atoms with Crippen molar-refractivity contribution in [3.63, 3.8) is 0 Å². The summed E-state index contributed by atoms with van der Waals surface area (Å²) in [6, 6.07) is 13.0. The van der Waals surface area contributed by atoms with Gasteiger partial charge in [-0.05, 0) is 103 Å². The highest BCUT2D eigenvalue weighted by atomic mass is 35.5. The number of nitrogens with one attached hydrogen (secondary N) is 1. The van der Waals surface area contributed by atoms with E-state index in [2.05, 4.69) is 79.5 Å². The second-order valence-electron chi connectivity index (χ2n) is 12.0. The van der Waals surface area contributed by atoms with Gasteiger partial charge in [-0.1, -0.05) is 63.6 Å². The van der Waals surface area contributed by atoms with E-state index in [1.165, 1.54) is 34.6 Å². The van der Waals surface area contributed by atoms with Gasteiger partial charge in [0.2, 0.25) is 0 Å². The molecule has 0 saturated heterocycles. The maximum atomic E-state index is 6.56. The predicted molar refractivity (Wildman–Crippen MR) is 170 cm³/mol. The number of fused-ring (bicyclic) bond motifs is 2. The zero-order chi connectivity index (χ0) is 28.2. The van der Waals surface area contributed by atoms with Crippen molar-refractivity contribution in [3.05, 3.63) is 77.0 Å². The fraction of sp³-hybridized carbons (Fsp3) is 0.529. The van der Waals surface area contributed by atoms with Crippen molar-refractivity contribution in [2.45, 2.75) is 69.8 Å². The van der Waals surface area contributed by atoms with Crippen LogP contribution >= 0.6 is 23.5 Å². The number of nitrogens with zero attached hydrogens (tertiary/aromatic N) is 1. The van der Waals surface area contributed by atoms with E-state index in [0.29, 0.717) is 30.3 Å². The topological polar surface area (TPSA) is 33.7 Å². The molecule has 1 N–H and O–H groups in total. The fourth-order valence-electron chi connectivity index (χ4n) is 6.48. The second kappa shape index (κ2) is 13.3. The lowest BCUT2D eigenvalue weighted by Crippen LogP contribution is -2.44. The molecule has 0 amide bonds. The number of anilines is 1. The first-order chi connectivity index (χ1) is 19.4. The highest BCUT2D eigenvalue weighted by Crippen LogP contribution is 2.44. The molecule has 1 fully saturated rings. The Hall–Kier alpha value is -2.08. The van der Waals surface area contributed by atoms with E-state index in [1.807, 2.05) is 13.2 Å². The van der Waals surface area contributed by atoms with Crippen LogP contribution in [0.4, 0.5) is 5.69 Å². The van der Waals surface area contributed by atoms with Gasteiger partial charge in [0, 0.05) is 41.7 Å². The van der Waals surface area contributed by atoms with Gasteiger partial charge in [0.1, 0.15) is 5.75 Å². The predicted octanol–water partition coefficient (Wildman–Crippen LogP) is 8.66. The van der Waals surface area contributed by atoms with Crippen molar-refractivity contribution in [1.82, 2.24) is 4.72 Å². The summed E-state index contributed by atoms with van der Waals surface area (Å²) in [7, 11) is 1.87. The number of allylic oxidation sites excluding steroid dienone is 2.